The van der Waals surface area contributed by atoms with E-state index in [-0.39, 0.29) is 5.82 Å². The fourth-order valence-electron chi connectivity index (χ4n) is 2.40. The van der Waals surface area contributed by atoms with Crippen LogP contribution in [0.25, 0.3) is 0 Å². The molecule has 0 spiro atoms. The molecule has 1 N–H and O–H groups in total. The van der Waals surface area contributed by atoms with Crippen molar-refractivity contribution in [2.24, 2.45) is 0 Å². The zero-order chi connectivity index (χ0) is 12.3. The summed E-state index contributed by atoms with van der Waals surface area (Å²) in [6.07, 6.45) is 3.74. The van der Waals surface area contributed by atoms with E-state index in [9.17, 15) is 4.39 Å². The normalized spacial score (nSPS) is 24.2. The van der Waals surface area contributed by atoms with E-state index >= 15 is 0 Å². The van der Waals surface area contributed by atoms with Gasteiger partial charge in [0.25, 0.3) is 0 Å². The number of hydrogen-bond donors (Lipinski definition) is 1. The molecule has 1 aliphatic carbocycles. The molecule has 0 heterocycles. The molecule has 94 valence electrons. The molecule has 17 heavy (non-hydrogen) atoms. The molecule has 1 aromatic carbocycles. The van der Waals surface area contributed by atoms with E-state index in [2.05, 4.69) is 21.2 Å². The van der Waals surface area contributed by atoms with Gasteiger partial charge in [0.1, 0.15) is 5.82 Å². The maximum Gasteiger partial charge on any atom is 0.124 e. The molecule has 1 aromatic rings. The third-order valence-electron chi connectivity index (χ3n) is 3.25. The number of halogens is 2. The third kappa shape index (κ3) is 3.50. The van der Waals surface area contributed by atoms with E-state index in [4.69, 9.17) is 4.74 Å². The molecule has 0 amide bonds. The Hall–Kier alpha value is -0.450. The molecule has 0 saturated heterocycles. The van der Waals surface area contributed by atoms with Crippen molar-refractivity contribution in [2.45, 2.75) is 38.0 Å². The van der Waals surface area contributed by atoms with Crippen LogP contribution in [0.15, 0.2) is 22.7 Å². The number of rotatable bonds is 4. The van der Waals surface area contributed by atoms with E-state index < -0.39 is 0 Å². The van der Waals surface area contributed by atoms with Crippen LogP contribution in [0.4, 0.5) is 4.39 Å². The lowest BCUT2D eigenvalue weighted by atomic mass is 10.1. The molecule has 0 radical (unpaired) electrons. The van der Waals surface area contributed by atoms with E-state index in [0.717, 1.165) is 22.9 Å². The summed E-state index contributed by atoms with van der Waals surface area (Å²) in [5.41, 5.74) is 0.957. The SMILES string of the molecule is COC1CCCC1NCc1cc(F)cc(Br)c1. The first-order valence-electron chi connectivity index (χ1n) is 5.90. The van der Waals surface area contributed by atoms with Crippen LogP contribution in [0.1, 0.15) is 24.8 Å². The molecule has 4 heteroatoms. The number of methoxy groups -OCH3 is 1. The second-order valence-electron chi connectivity index (χ2n) is 4.47. The van der Waals surface area contributed by atoms with E-state index in [1.165, 1.54) is 12.5 Å². The average Bonchev–Trinajstić information content (AvgIpc) is 2.72. The minimum Gasteiger partial charge on any atom is -0.380 e. The highest BCUT2D eigenvalue weighted by Gasteiger charge is 2.26. The summed E-state index contributed by atoms with van der Waals surface area (Å²) >= 11 is 3.30. The lowest BCUT2D eigenvalue weighted by Gasteiger charge is -2.19. The van der Waals surface area contributed by atoms with E-state index in [1.54, 1.807) is 13.2 Å². The molecule has 2 unspecified atom stereocenters. The van der Waals surface area contributed by atoms with Gasteiger partial charge in [-0.25, -0.2) is 4.39 Å². The maximum atomic E-state index is 13.2. The smallest absolute Gasteiger partial charge is 0.124 e. The molecule has 0 bridgehead atoms. The molecule has 0 aliphatic heterocycles. The molecular weight excluding hydrogens is 285 g/mol. The first-order chi connectivity index (χ1) is 8.19. The number of nitrogens with one attached hydrogen (secondary N) is 1. The largest absolute Gasteiger partial charge is 0.380 e. The van der Waals surface area contributed by atoms with Gasteiger partial charge in [0, 0.05) is 24.2 Å². The summed E-state index contributed by atoms with van der Waals surface area (Å²) in [7, 11) is 1.75. The van der Waals surface area contributed by atoms with Gasteiger partial charge in [-0.05, 0) is 43.0 Å². The van der Waals surface area contributed by atoms with Crippen LogP contribution in [0.5, 0.6) is 0 Å². The number of ether oxygens (including phenoxy) is 1. The van der Waals surface area contributed by atoms with Crippen LogP contribution in [0, 0.1) is 5.82 Å². The molecule has 2 atom stereocenters. The lowest BCUT2D eigenvalue weighted by molar-refractivity contribution is 0.0847. The zero-order valence-corrected chi connectivity index (χ0v) is 11.5. The minimum absolute atomic E-state index is 0.203. The van der Waals surface area contributed by atoms with Gasteiger partial charge in [0.15, 0.2) is 0 Å². The van der Waals surface area contributed by atoms with Gasteiger partial charge in [-0.1, -0.05) is 15.9 Å². The van der Waals surface area contributed by atoms with Gasteiger partial charge >= 0.3 is 0 Å². The topological polar surface area (TPSA) is 21.3 Å². The Kier molecular flexibility index (Phi) is 4.54. The highest BCUT2D eigenvalue weighted by Crippen LogP contribution is 2.22. The van der Waals surface area contributed by atoms with Crippen LogP contribution in [0.3, 0.4) is 0 Å². The molecule has 2 nitrogen and oxygen atoms in total. The Balaban J connectivity index is 1.93. The van der Waals surface area contributed by atoms with Crippen molar-refractivity contribution in [3.05, 3.63) is 34.1 Å². The van der Waals surface area contributed by atoms with Crippen LogP contribution in [-0.2, 0) is 11.3 Å². The van der Waals surface area contributed by atoms with Crippen molar-refractivity contribution in [2.75, 3.05) is 7.11 Å². The summed E-state index contributed by atoms with van der Waals surface area (Å²) in [4.78, 5) is 0. The number of benzene rings is 1. The first kappa shape index (κ1) is 13.0. The van der Waals surface area contributed by atoms with Gasteiger partial charge in [0.2, 0.25) is 0 Å². The van der Waals surface area contributed by atoms with Gasteiger partial charge in [0.05, 0.1) is 6.10 Å². The van der Waals surface area contributed by atoms with Crippen LogP contribution in [-0.4, -0.2) is 19.3 Å². The summed E-state index contributed by atoms with van der Waals surface area (Å²) in [5.74, 6) is -0.203. The maximum absolute atomic E-state index is 13.2. The Morgan fingerprint density at radius 3 is 2.94 bits per heavy atom. The van der Waals surface area contributed by atoms with E-state index in [1.807, 2.05) is 6.07 Å². The van der Waals surface area contributed by atoms with Crippen LogP contribution < -0.4 is 5.32 Å². The summed E-state index contributed by atoms with van der Waals surface area (Å²) < 4.78 is 19.4. The molecule has 0 aromatic heterocycles. The molecule has 1 saturated carbocycles. The monoisotopic (exact) mass is 301 g/mol. The Bertz CT molecular complexity index is 365. The van der Waals surface area contributed by atoms with Crippen molar-refractivity contribution in [3.8, 4) is 0 Å². The van der Waals surface area contributed by atoms with Crippen molar-refractivity contribution >= 4 is 15.9 Å². The number of hydrogen-bond acceptors (Lipinski definition) is 2. The molecule has 1 fully saturated rings. The van der Waals surface area contributed by atoms with Crippen LogP contribution >= 0.6 is 15.9 Å². The molecule has 2 rings (SSSR count). The molecular formula is C13H17BrFNO. The molecule has 1 aliphatic rings. The Morgan fingerprint density at radius 2 is 2.24 bits per heavy atom. The lowest BCUT2D eigenvalue weighted by Crippen LogP contribution is -2.36. The zero-order valence-electron chi connectivity index (χ0n) is 9.88. The first-order valence-corrected chi connectivity index (χ1v) is 6.69. The highest BCUT2D eigenvalue weighted by atomic mass is 79.9. The van der Waals surface area contributed by atoms with Crippen molar-refractivity contribution < 1.29 is 9.13 Å². The second kappa shape index (κ2) is 5.94. The fourth-order valence-corrected chi connectivity index (χ4v) is 2.92. The third-order valence-corrected chi connectivity index (χ3v) is 3.70. The second-order valence-corrected chi connectivity index (χ2v) is 5.39. The quantitative estimate of drug-likeness (QED) is 0.922. The van der Waals surface area contributed by atoms with Gasteiger partial charge in [-0.3, -0.25) is 0 Å². The van der Waals surface area contributed by atoms with Crippen LogP contribution in [0.2, 0.25) is 0 Å². The average molecular weight is 302 g/mol. The highest BCUT2D eigenvalue weighted by molar-refractivity contribution is 9.10. The summed E-state index contributed by atoms with van der Waals surface area (Å²) in [5, 5.41) is 3.44. The van der Waals surface area contributed by atoms with Crippen molar-refractivity contribution in [1.82, 2.24) is 5.32 Å². The predicted molar refractivity (Wildman–Crippen MR) is 69.4 cm³/mol. The van der Waals surface area contributed by atoms with Crippen molar-refractivity contribution in [3.63, 3.8) is 0 Å². The Morgan fingerprint density at radius 1 is 1.41 bits per heavy atom. The standard InChI is InChI=1S/C13H17BrFNO/c1-17-13-4-2-3-12(13)16-8-9-5-10(14)7-11(15)6-9/h5-7,12-13,16H,2-4,8H2,1H3. The van der Waals surface area contributed by atoms with Gasteiger partial charge in [-0.2, -0.15) is 0 Å². The van der Waals surface area contributed by atoms with Gasteiger partial charge < -0.3 is 10.1 Å². The summed E-state index contributed by atoms with van der Waals surface area (Å²) in [6, 6.07) is 5.36. The predicted octanol–water partition coefficient (Wildman–Crippen LogP) is 3.25. The van der Waals surface area contributed by atoms with E-state index in [0.29, 0.717) is 18.7 Å². The fraction of sp³-hybridized carbons (Fsp3) is 0.538. The summed E-state index contributed by atoms with van der Waals surface area (Å²) in [6.45, 7) is 0.681. The Labute approximate surface area is 110 Å². The van der Waals surface area contributed by atoms with Crippen molar-refractivity contribution in [1.29, 1.82) is 0 Å². The minimum atomic E-state index is -0.203. The van der Waals surface area contributed by atoms with Gasteiger partial charge in [-0.15, -0.1) is 0 Å².